The highest BCUT2D eigenvalue weighted by molar-refractivity contribution is 5.70. The van der Waals surface area contributed by atoms with Gasteiger partial charge in [0.2, 0.25) is 5.88 Å². The van der Waals surface area contributed by atoms with Gasteiger partial charge in [-0.15, -0.1) is 0 Å². The average molecular weight is 436 g/mol. The van der Waals surface area contributed by atoms with Crippen LogP contribution in [0.5, 0.6) is 5.88 Å². The van der Waals surface area contributed by atoms with E-state index in [1.54, 1.807) is 12.3 Å². The van der Waals surface area contributed by atoms with E-state index in [1.165, 1.54) is 5.56 Å². The predicted molar refractivity (Wildman–Crippen MR) is 118 cm³/mol. The number of ether oxygens (including phenoxy) is 1. The van der Waals surface area contributed by atoms with Gasteiger partial charge >= 0.3 is 5.97 Å². The topological polar surface area (TPSA) is 85.4 Å². The van der Waals surface area contributed by atoms with Crippen LogP contribution in [0.2, 0.25) is 0 Å². The Hall–Kier alpha value is -3.52. The maximum atomic E-state index is 11.7. The second-order valence-corrected chi connectivity index (χ2v) is 7.68. The van der Waals surface area contributed by atoms with Crippen LogP contribution in [0.25, 0.3) is 0 Å². The molecule has 0 bridgehead atoms. The number of hydrogen-bond acceptors (Lipinski definition) is 7. The van der Waals surface area contributed by atoms with Gasteiger partial charge in [0, 0.05) is 41.5 Å². The lowest BCUT2D eigenvalue weighted by atomic mass is 9.86. The standard InChI is InChI=1S/C24H25FN4O3/c25-32-23(30)16-31-22-9-8-17(14-29-22)10-12-27-24(18-5-2-1-3-6-18)19-13-21-20(28-15-19)7-4-11-26-21/h1-9,11,14,19,24,27-28H,10,12-13,15-16H2/t19-,24-/m1/s1. The number of hydrogen-bond donors (Lipinski definition) is 2. The summed E-state index contributed by atoms with van der Waals surface area (Å²) in [6, 6.07) is 18.2. The predicted octanol–water partition coefficient (Wildman–Crippen LogP) is 3.44. The van der Waals surface area contributed by atoms with E-state index in [0.29, 0.717) is 5.92 Å². The van der Waals surface area contributed by atoms with Gasteiger partial charge in [-0.25, -0.2) is 9.78 Å². The van der Waals surface area contributed by atoms with E-state index in [2.05, 4.69) is 55.9 Å². The number of halogens is 1. The van der Waals surface area contributed by atoms with Crippen LogP contribution in [-0.2, 0) is 22.6 Å². The molecule has 32 heavy (non-hydrogen) atoms. The molecule has 2 aromatic heterocycles. The summed E-state index contributed by atoms with van der Waals surface area (Å²) in [6.45, 7) is 1.12. The Kier molecular flexibility index (Phi) is 7.24. The van der Waals surface area contributed by atoms with Crippen LogP contribution in [0.3, 0.4) is 0 Å². The summed E-state index contributed by atoms with van der Waals surface area (Å²) in [4.78, 5) is 22.6. The Morgan fingerprint density at radius 3 is 2.81 bits per heavy atom. The molecule has 2 atom stereocenters. The lowest BCUT2D eigenvalue weighted by molar-refractivity contribution is -0.186. The first-order valence-electron chi connectivity index (χ1n) is 10.6. The number of carbonyl (C=O) groups excluding carboxylic acids is 1. The molecule has 3 heterocycles. The third kappa shape index (κ3) is 5.59. The number of nitrogens with one attached hydrogen (secondary N) is 2. The third-order valence-electron chi connectivity index (χ3n) is 5.53. The summed E-state index contributed by atoms with van der Waals surface area (Å²) in [6.07, 6.45) is 5.22. The Labute approximate surface area is 185 Å². The SMILES string of the molecule is O=C(COc1ccc(CCN[C@H](c2ccccc2)[C@H]2CNc3cccnc3C2)cn1)OF. The normalized spacial score (nSPS) is 15.8. The zero-order valence-corrected chi connectivity index (χ0v) is 17.5. The van der Waals surface area contributed by atoms with Crippen molar-refractivity contribution in [2.24, 2.45) is 5.92 Å². The highest BCUT2D eigenvalue weighted by Gasteiger charge is 2.27. The molecule has 7 nitrogen and oxygen atoms in total. The van der Waals surface area contributed by atoms with Gasteiger partial charge in [0.15, 0.2) is 6.61 Å². The van der Waals surface area contributed by atoms with Crippen molar-refractivity contribution in [3.05, 3.63) is 83.8 Å². The summed E-state index contributed by atoms with van der Waals surface area (Å²) < 4.78 is 16.8. The molecule has 0 radical (unpaired) electrons. The van der Waals surface area contributed by atoms with E-state index >= 15 is 0 Å². The number of carbonyl (C=O) groups is 1. The molecule has 0 saturated carbocycles. The van der Waals surface area contributed by atoms with Gasteiger partial charge in [0.05, 0.1) is 11.4 Å². The molecular weight excluding hydrogens is 411 g/mol. The van der Waals surface area contributed by atoms with Crippen LogP contribution in [0.15, 0.2) is 67.0 Å². The molecule has 8 heteroatoms. The fourth-order valence-electron chi connectivity index (χ4n) is 3.95. The van der Waals surface area contributed by atoms with E-state index in [9.17, 15) is 9.32 Å². The van der Waals surface area contributed by atoms with Gasteiger partial charge in [0.1, 0.15) is 0 Å². The Balaban J connectivity index is 1.37. The molecule has 166 valence electrons. The van der Waals surface area contributed by atoms with Crippen LogP contribution < -0.4 is 15.4 Å². The second-order valence-electron chi connectivity index (χ2n) is 7.68. The molecule has 0 aliphatic carbocycles. The van der Waals surface area contributed by atoms with Crippen molar-refractivity contribution in [3.8, 4) is 5.88 Å². The molecule has 3 aromatic rings. The minimum absolute atomic E-state index is 0.182. The van der Waals surface area contributed by atoms with Crippen molar-refractivity contribution >= 4 is 11.7 Å². The quantitative estimate of drug-likeness (QED) is 0.531. The van der Waals surface area contributed by atoms with Gasteiger partial charge in [-0.1, -0.05) is 36.4 Å². The fraction of sp³-hybridized carbons (Fsp3) is 0.292. The average Bonchev–Trinajstić information content (AvgIpc) is 2.86. The Bertz CT molecular complexity index is 1020. The molecule has 1 aliphatic rings. The third-order valence-corrected chi connectivity index (χ3v) is 5.53. The smallest absolute Gasteiger partial charge is 0.385 e. The molecule has 4 rings (SSSR count). The summed E-state index contributed by atoms with van der Waals surface area (Å²) in [5, 5.41) is 7.24. The number of benzene rings is 1. The molecule has 0 amide bonds. The number of anilines is 1. The van der Waals surface area contributed by atoms with E-state index in [4.69, 9.17) is 4.74 Å². The number of nitrogens with zero attached hydrogens (tertiary/aromatic N) is 2. The van der Waals surface area contributed by atoms with Crippen LogP contribution in [0, 0.1) is 5.92 Å². The van der Waals surface area contributed by atoms with E-state index in [-0.39, 0.29) is 11.9 Å². The van der Waals surface area contributed by atoms with Crippen molar-refractivity contribution < 1.29 is 19.0 Å². The van der Waals surface area contributed by atoms with Crippen molar-refractivity contribution in [2.75, 3.05) is 25.0 Å². The second kappa shape index (κ2) is 10.7. The van der Waals surface area contributed by atoms with Crippen molar-refractivity contribution in [2.45, 2.75) is 18.9 Å². The first-order chi connectivity index (χ1) is 15.7. The van der Waals surface area contributed by atoms with Crippen molar-refractivity contribution in [1.29, 1.82) is 0 Å². The van der Waals surface area contributed by atoms with Crippen molar-refractivity contribution in [3.63, 3.8) is 0 Å². The summed E-state index contributed by atoms with van der Waals surface area (Å²) in [7, 11) is 0. The maximum absolute atomic E-state index is 11.7. The highest BCUT2D eigenvalue weighted by Crippen LogP contribution is 2.31. The van der Waals surface area contributed by atoms with E-state index in [0.717, 1.165) is 42.9 Å². The Morgan fingerprint density at radius 1 is 1.16 bits per heavy atom. The van der Waals surface area contributed by atoms with Crippen LogP contribution in [-0.4, -0.2) is 35.6 Å². The van der Waals surface area contributed by atoms with E-state index < -0.39 is 12.6 Å². The highest BCUT2D eigenvalue weighted by atomic mass is 19.3. The fourth-order valence-corrected chi connectivity index (χ4v) is 3.95. The van der Waals surface area contributed by atoms with Crippen LogP contribution >= 0.6 is 0 Å². The van der Waals surface area contributed by atoms with Crippen LogP contribution in [0.4, 0.5) is 10.2 Å². The summed E-state index contributed by atoms with van der Waals surface area (Å²) in [5.74, 6) is -0.486. The number of rotatable bonds is 9. The maximum Gasteiger partial charge on any atom is 0.385 e. The van der Waals surface area contributed by atoms with Gasteiger partial charge < -0.3 is 15.4 Å². The zero-order valence-electron chi connectivity index (χ0n) is 17.5. The molecule has 0 unspecified atom stereocenters. The number of fused-ring (bicyclic) bond motifs is 1. The molecular formula is C24H25FN4O3. The lowest BCUT2D eigenvalue weighted by Gasteiger charge is -2.33. The van der Waals surface area contributed by atoms with Gasteiger partial charge in [-0.05, 0) is 42.6 Å². The molecule has 2 N–H and O–H groups in total. The first-order valence-corrected chi connectivity index (χ1v) is 10.6. The molecule has 1 aliphatic heterocycles. The zero-order chi connectivity index (χ0) is 22.2. The molecule has 1 aromatic carbocycles. The molecule has 0 spiro atoms. The first kappa shape index (κ1) is 21.7. The Morgan fingerprint density at radius 2 is 2.03 bits per heavy atom. The van der Waals surface area contributed by atoms with Gasteiger partial charge in [-0.2, -0.15) is 0 Å². The van der Waals surface area contributed by atoms with Crippen molar-refractivity contribution in [1.82, 2.24) is 15.3 Å². The monoisotopic (exact) mass is 436 g/mol. The number of aromatic nitrogens is 2. The van der Waals surface area contributed by atoms with Gasteiger partial charge in [0.25, 0.3) is 0 Å². The lowest BCUT2D eigenvalue weighted by Crippen LogP contribution is -2.37. The summed E-state index contributed by atoms with van der Waals surface area (Å²) >= 11 is 0. The molecule has 0 saturated heterocycles. The van der Waals surface area contributed by atoms with Gasteiger partial charge in [-0.3, -0.25) is 9.93 Å². The minimum Gasteiger partial charge on any atom is -0.465 e. The van der Waals surface area contributed by atoms with E-state index in [1.807, 2.05) is 24.4 Å². The van der Waals surface area contributed by atoms with Crippen LogP contribution in [0.1, 0.15) is 22.9 Å². The number of pyridine rings is 2. The largest absolute Gasteiger partial charge is 0.465 e. The summed E-state index contributed by atoms with van der Waals surface area (Å²) in [5.41, 5.74) is 4.49. The molecule has 0 fully saturated rings. The minimum atomic E-state index is -1.10.